The van der Waals surface area contributed by atoms with Crippen LogP contribution in [0.1, 0.15) is 12.8 Å². The van der Waals surface area contributed by atoms with E-state index in [2.05, 4.69) is 4.90 Å². The fourth-order valence-corrected chi connectivity index (χ4v) is 2.60. The molecule has 0 atom stereocenters. The van der Waals surface area contributed by atoms with Crippen molar-refractivity contribution in [3.8, 4) is 0 Å². The zero-order chi connectivity index (χ0) is 14.0. The number of hydrogen-bond acceptors (Lipinski definition) is 4. The van der Waals surface area contributed by atoms with E-state index in [1.54, 1.807) is 4.90 Å². The molecule has 0 aromatic heterocycles. The minimum atomic E-state index is -0.539. The number of hydrogen-bond donors (Lipinski definition) is 2. The van der Waals surface area contributed by atoms with Crippen LogP contribution in [-0.2, 0) is 0 Å². The molecule has 1 aromatic rings. The molecule has 1 aliphatic heterocycles. The zero-order valence-corrected chi connectivity index (χ0v) is 11.9. The Balaban J connectivity index is 2.09. The van der Waals surface area contributed by atoms with Gasteiger partial charge in [-0.1, -0.05) is 11.6 Å². The maximum absolute atomic E-state index is 14.1. The van der Waals surface area contributed by atoms with Gasteiger partial charge in [0.2, 0.25) is 0 Å². The minimum Gasteiger partial charge on any atom is -0.397 e. The second-order valence-electron chi connectivity index (χ2n) is 5.00. The van der Waals surface area contributed by atoms with E-state index in [9.17, 15) is 4.39 Å². The molecular formula is C13H20ClFN4. The quantitative estimate of drug-likeness (QED) is 0.833. The largest absolute Gasteiger partial charge is 0.397 e. The van der Waals surface area contributed by atoms with Crippen molar-refractivity contribution in [1.82, 2.24) is 4.90 Å². The average molecular weight is 287 g/mol. The molecule has 1 saturated heterocycles. The van der Waals surface area contributed by atoms with Gasteiger partial charge in [-0.05, 0) is 32.0 Å². The highest BCUT2D eigenvalue weighted by atomic mass is 35.5. The molecule has 0 saturated carbocycles. The lowest BCUT2D eigenvalue weighted by Crippen LogP contribution is -2.32. The summed E-state index contributed by atoms with van der Waals surface area (Å²) in [5, 5.41) is -0.0581. The second kappa shape index (κ2) is 5.84. The summed E-state index contributed by atoms with van der Waals surface area (Å²) in [5.74, 6) is -0.539. The van der Waals surface area contributed by atoms with Crippen LogP contribution in [0.2, 0.25) is 5.02 Å². The Hall–Kier alpha value is -1.20. The van der Waals surface area contributed by atoms with Crippen LogP contribution in [0, 0.1) is 5.82 Å². The Bertz CT molecular complexity index is 460. The predicted octanol–water partition coefficient (Wildman–Crippen LogP) is 2.18. The van der Waals surface area contributed by atoms with Gasteiger partial charge < -0.3 is 21.3 Å². The molecule has 0 spiro atoms. The minimum absolute atomic E-state index is 0.0581. The van der Waals surface area contributed by atoms with Gasteiger partial charge in [-0.3, -0.25) is 0 Å². The molecule has 106 valence electrons. The monoisotopic (exact) mass is 286 g/mol. The van der Waals surface area contributed by atoms with Crippen LogP contribution in [0.5, 0.6) is 0 Å². The van der Waals surface area contributed by atoms with E-state index in [0.717, 1.165) is 19.6 Å². The van der Waals surface area contributed by atoms with E-state index in [1.807, 2.05) is 7.05 Å². The van der Waals surface area contributed by atoms with Gasteiger partial charge in [0.15, 0.2) is 5.82 Å². The summed E-state index contributed by atoms with van der Waals surface area (Å²) in [4.78, 5) is 4.16. The SMILES string of the molecule is CN(CCN1CCCC1)c1c(N)cc(N)c(Cl)c1F. The van der Waals surface area contributed by atoms with Gasteiger partial charge in [0.1, 0.15) is 5.02 Å². The van der Waals surface area contributed by atoms with E-state index in [0.29, 0.717) is 17.9 Å². The molecule has 0 aliphatic carbocycles. The lowest BCUT2D eigenvalue weighted by molar-refractivity contribution is 0.346. The maximum atomic E-state index is 14.1. The number of rotatable bonds is 4. The molecule has 1 aliphatic rings. The van der Waals surface area contributed by atoms with Crippen LogP contribution < -0.4 is 16.4 Å². The van der Waals surface area contributed by atoms with Crippen LogP contribution in [0.3, 0.4) is 0 Å². The number of nitrogen functional groups attached to an aromatic ring is 2. The highest BCUT2D eigenvalue weighted by Gasteiger charge is 2.19. The van der Waals surface area contributed by atoms with Gasteiger partial charge in [-0.15, -0.1) is 0 Å². The molecule has 4 nitrogen and oxygen atoms in total. The molecule has 0 radical (unpaired) electrons. The fourth-order valence-electron chi connectivity index (χ4n) is 2.45. The molecule has 1 heterocycles. The summed E-state index contributed by atoms with van der Waals surface area (Å²) in [6.07, 6.45) is 2.49. The van der Waals surface area contributed by atoms with Crippen molar-refractivity contribution in [2.75, 3.05) is 49.6 Å². The van der Waals surface area contributed by atoms with Crippen molar-refractivity contribution in [2.45, 2.75) is 12.8 Å². The third kappa shape index (κ3) is 3.04. The Labute approximate surface area is 118 Å². The molecule has 2 rings (SSSR count). The average Bonchev–Trinajstić information content (AvgIpc) is 2.86. The zero-order valence-electron chi connectivity index (χ0n) is 11.1. The number of nitrogens with two attached hydrogens (primary N) is 2. The summed E-state index contributed by atoms with van der Waals surface area (Å²) >= 11 is 5.83. The normalized spacial score (nSPS) is 15.9. The van der Waals surface area contributed by atoms with Gasteiger partial charge in [0, 0.05) is 20.1 Å². The first-order chi connectivity index (χ1) is 9.00. The highest BCUT2D eigenvalue weighted by molar-refractivity contribution is 6.33. The van der Waals surface area contributed by atoms with E-state index in [-0.39, 0.29) is 10.7 Å². The number of benzene rings is 1. The lowest BCUT2D eigenvalue weighted by Gasteiger charge is -2.25. The molecule has 1 aromatic carbocycles. The smallest absolute Gasteiger partial charge is 0.169 e. The third-order valence-electron chi connectivity index (χ3n) is 3.57. The van der Waals surface area contributed by atoms with Crippen molar-refractivity contribution < 1.29 is 4.39 Å². The van der Waals surface area contributed by atoms with Crippen LogP contribution in [0.25, 0.3) is 0 Å². The predicted molar refractivity (Wildman–Crippen MR) is 79.2 cm³/mol. The van der Waals surface area contributed by atoms with Crippen LogP contribution >= 0.6 is 11.6 Å². The first-order valence-electron chi connectivity index (χ1n) is 6.47. The van der Waals surface area contributed by atoms with Crippen molar-refractivity contribution in [3.63, 3.8) is 0 Å². The molecule has 4 N–H and O–H groups in total. The van der Waals surface area contributed by atoms with E-state index in [4.69, 9.17) is 23.1 Å². The van der Waals surface area contributed by atoms with Gasteiger partial charge in [-0.25, -0.2) is 4.39 Å². The summed E-state index contributed by atoms with van der Waals surface area (Å²) in [6.45, 7) is 3.85. The number of likely N-dealkylation sites (tertiary alicyclic amines) is 1. The highest BCUT2D eigenvalue weighted by Crippen LogP contribution is 2.35. The fraction of sp³-hybridized carbons (Fsp3) is 0.538. The van der Waals surface area contributed by atoms with Crippen molar-refractivity contribution in [3.05, 3.63) is 16.9 Å². The number of anilines is 3. The number of likely N-dealkylation sites (N-methyl/N-ethyl adjacent to an activating group) is 1. The van der Waals surface area contributed by atoms with Crippen LogP contribution in [0.4, 0.5) is 21.5 Å². The molecule has 0 bridgehead atoms. The first kappa shape index (κ1) is 14.2. The summed E-state index contributed by atoms with van der Waals surface area (Å²) in [7, 11) is 1.82. The Morgan fingerprint density at radius 1 is 1.32 bits per heavy atom. The molecule has 0 unspecified atom stereocenters. The van der Waals surface area contributed by atoms with Gasteiger partial charge in [-0.2, -0.15) is 0 Å². The Kier molecular flexibility index (Phi) is 4.37. The van der Waals surface area contributed by atoms with E-state index < -0.39 is 5.82 Å². The van der Waals surface area contributed by atoms with Gasteiger partial charge >= 0.3 is 0 Å². The van der Waals surface area contributed by atoms with Crippen LogP contribution in [0.15, 0.2) is 6.07 Å². The molecule has 6 heteroatoms. The standard InChI is InChI=1S/C13H20ClFN4/c1-18(6-7-19-4-2-3-5-19)13-10(17)8-9(16)11(14)12(13)15/h8H,2-7,16-17H2,1H3. The maximum Gasteiger partial charge on any atom is 0.169 e. The van der Waals surface area contributed by atoms with E-state index in [1.165, 1.54) is 18.9 Å². The molecule has 19 heavy (non-hydrogen) atoms. The molecular weight excluding hydrogens is 267 g/mol. The van der Waals surface area contributed by atoms with Gasteiger partial charge in [0.05, 0.1) is 17.1 Å². The topological polar surface area (TPSA) is 58.5 Å². The number of halogens is 2. The summed E-state index contributed by atoms with van der Waals surface area (Å²) in [5.41, 5.74) is 12.3. The summed E-state index contributed by atoms with van der Waals surface area (Å²) < 4.78 is 14.1. The molecule has 1 fully saturated rings. The van der Waals surface area contributed by atoms with Crippen molar-refractivity contribution >= 4 is 28.7 Å². The second-order valence-corrected chi connectivity index (χ2v) is 5.38. The summed E-state index contributed by atoms with van der Waals surface area (Å²) in [6, 6.07) is 1.51. The lowest BCUT2D eigenvalue weighted by atomic mass is 10.2. The van der Waals surface area contributed by atoms with Crippen LogP contribution in [-0.4, -0.2) is 38.1 Å². The number of nitrogens with zero attached hydrogens (tertiary/aromatic N) is 2. The third-order valence-corrected chi connectivity index (χ3v) is 3.95. The van der Waals surface area contributed by atoms with Gasteiger partial charge in [0.25, 0.3) is 0 Å². The van der Waals surface area contributed by atoms with Crippen molar-refractivity contribution in [2.24, 2.45) is 0 Å². The molecule has 0 amide bonds. The van der Waals surface area contributed by atoms with Crippen molar-refractivity contribution in [1.29, 1.82) is 0 Å². The Morgan fingerprint density at radius 3 is 2.58 bits per heavy atom. The Morgan fingerprint density at radius 2 is 1.95 bits per heavy atom. The van der Waals surface area contributed by atoms with E-state index >= 15 is 0 Å². The first-order valence-corrected chi connectivity index (χ1v) is 6.85.